The van der Waals surface area contributed by atoms with Crippen molar-refractivity contribution in [1.29, 1.82) is 0 Å². The van der Waals surface area contributed by atoms with Gasteiger partial charge in [-0.1, -0.05) is 47.5 Å². The lowest BCUT2D eigenvalue weighted by Crippen LogP contribution is -2.28. The highest BCUT2D eigenvalue weighted by atomic mass is 35.5. The van der Waals surface area contributed by atoms with Gasteiger partial charge < -0.3 is 10.1 Å². The van der Waals surface area contributed by atoms with Gasteiger partial charge in [-0.05, 0) is 36.2 Å². The summed E-state index contributed by atoms with van der Waals surface area (Å²) in [7, 11) is 0. The minimum absolute atomic E-state index is 0.462. The topological polar surface area (TPSA) is 38.3 Å². The second-order valence-corrected chi connectivity index (χ2v) is 4.94. The summed E-state index contributed by atoms with van der Waals surface area (Å²) >= 11 is 11.8. The quantitative estimate of drug-likeness (QED) is 0.913. The van der Waals surface area contributed by atoms with Crippen molar-refractivity contribution in [2.45, 2.75) is 6.42 Å². The van der Waals surface area contributed by atoms with Gasteiger partial charge >= 0.3 is 6.09 Å². The van der Waals surface area contributed by atoms with Crippen LogP contribution in [-0.2, 0) is 6.42 Å². The van der Waals surface area contributed by atoms with Crippen LogP contribution in [0, 0.1) is 0 Å². The minimum Gasteiger partial charge on any atom is -0.410 e. The number of halogens is 2. The Morgan fingerprint density at radius 2 is 1.80 bits per heavy atom. The average Bonchev–Trinajstić information content (AvgIpc) is 2.44. The number of para-hydroxylation sites is 1. The molecule has 0 spiro atoms. The predicted octanol–water partition coefficient (Wildman–Crippen LogP) is 4.32. The zero-order valence-electron chi connectivity index (χ0n) is 10.6. The van der Waals surface area contributed by atoms with Gasteiger partial charge in [0.25, 0.3) is 0 Å². The molecule has 3 nitrogen and oxygen atoms in total. The van der Waals surface area contributed by atoms with Gasteiger partial charge in [0.15, 0.2) is 0 Å². The molecule has 2 aromatic rings. The molecular formula is C15H13Cl2NO2. The highest BCUT2D eigenvalue weighted by Gasteiger charge is 2.04. The maximum atomic E-state index is 11.5. The monoisotopic (exact) mass is 309 g/mol. The van der Waals surface area contributed by atoms with E-state index in [-0.39, 0.29) is 0 Å². The van der Waals surface area contributed by atoms with Crippen molar-refractivity contribution < 1.29 is 9.53 Å². The zero-order valence-corrected chi connectivity index (χ0v) is 12.1. The van der Waals surface area contributed by atoms with Gasteiger partial charge in [0.2, 0.25) is 0 Å². The minimum atomic E-state index is -0.476. The van der Waals surface area contributed by atoms with Crippen LogP contribution in [0.4, 0.5) is 4.79 Å². The first-order valence-corrected chi connectivity index (χ1v) is 6.85. The number of carbonyl (C=O) groups is 1. The van der Waals surface area contributed by atoms with Crippen molar-refractivity contribution in [3.8, 4) is 5.75 Å². The number of benzene rings is 2. The van der Waals surface area contributed by atoms with E-state index in [1.165, 1.54) is 0 Å². The predicted molar refractivity (Wildman–Crippen MR) is 80.6 cm³/mol. The molecule has 2 rings (SSSR count). The molecule has 0 heterocycles. The van der Waals surface area contributed by atoms with E-state index < -0.39 is 6.09 Å². The summed E-state index contributed by atoms with van der Waals surface area (Å²) in [6, 6.07) is 14.3. The van der Waals surface area contributed by atoms with E-state index in [9.17, 15) is 4.79 Å². The standard InChI is InChI=1S/C15H13Cl2NO2/c16-13-7-6-11(10-14(13)17)8-9-18-15(19)20-12-4-2-1-3-5-12/h1-7,10H,8-9H2,(H,18,19). The molecule has 0 saturated carbocycles. The molecule has 0 unspecified atom stereocenters. The van der Waals surface area contributed by atoms with Crippen molar-refractivity contribution >= 4 is 29.3 Å². The lowest BCUT2D eigenvalue weighted by Gasteiger charge is -2.07. The number of nitrogens with one attached hydrogen (secondary N) is 1. The van der Waals surface area contributed by atoms with Gasteiger partial charge in [-0.2, -0.15) is 0 Å². The summed E-state index contributed by atoms with van der Waals surface area (Å²) in [5.74, 6) is 0.513. The number of carbonyl (C=O) groups excluding carboxylic acids is 1. The molecule has 104 valence electrons. The van der Waals surface area contributed by atoms with E-state index in [0.717, 1.165) is 5.56 Å². The Kier molecular flexibility index (Phi) is 5.27. The number of amides is 1. The van der Waals surface area contributed by atoms with Crippen LogP contribution in [-0.4, -0.2) is 12.6 Å². The highest BCUT2D eigenvalue weighted by Crippen LogP contribution is 2.22. The molecule has 0 aliphatic carbocycles. The lowest BCUT2D eigenvalue weighted by atomic mass is 10.1. The van der Waals surface area contributed by atoms with Crippen LogP contribution in [0.1, 0.15) is 5.56 Å². The summed E-state index contributed by atoms with van der Waals surface area (Å²) in [6.07, 6.45) is 0.178. The molecule has 0 fully saturated rings. The summed E-state index contributed by atoms with van der Waals surface area (Å²) in [5, 5.41) is 3.71. The largest absolute Gasteiger partial charge is 0.412 e. The van der Waals surface area contributed by atoms with Crippen LogP contribution in [0.25, 0.3) is 0 Å². The second-order valence-electron chi connectivity index (χ2n) is 4.13. The molecule has 1 amide bonds. The summed E-state index contributed by atoms with van der Waals surface area (Å²) in [4.78, 5) is 11.5. The first kappa shape index (κ1) is 14.7. The van der Waals surface area contributed by atoms with Gasteiger partial charge in [-0.25, -0.2) is 4.79 Å². The fourth-order valence-corrected chi connectivity index (χ4v) is 1.96. The van der Waals surface area contributed by atoms with Gasteiger partial charge in [0.1, 0.15) is 5.75 Å². The summed E-state index contributed by atoms with van der Waals surface area (Å²) in [5.41, 5.74) is 0.999. The highest BCUT2D eigenvalue weighted by molar-refractivity contribution is 6.42. The normalized spacial score (nSPS) is 10.1. The Hall–Kier alpha value is -1.71. The molecule has 0 aliphatic rings. The lowest BCUT2D eigenvalue weighted by molar-refractivity contribution is 0.200. The second kappa shape index (κ2) is 7.17. The van der Waals surface area contributed by atoms with Crippen LogP contribution in [0.15, 0.2) is 48.5 Å². The molecule has 5 heteroatoms. The smallest absolute Gasteiger partial charge is 0.410 e. The molecule has 0 aromatic heterocycles. The Bertz CT molecular complexity index is 588. The molecule has 0 atom stereocenters. The van der Waals surface area contributed by atoms with Crippen molar-refractivity contribution in [3.05, 3.63) is 64.1 Å². The van der Waals surface area contributed by atoms with Crippen LogP contribution >= 0.6 is 23.2 Å². The Morgan fingerprint density at radius 1 is 1.05 bits per heavy atom. The van der Waals surface area contributed by atoms with E-state index in [4.69, 9.17) is 27.9 Å². The van der Waals surface area contributed by atoms with Gasteiger partial charge in [-0.3, -0.25) is 0 Å². The number of hydrogen-bond donors (Lipinski definition) is 1. The van der Waals surface area contributed by atoms with Crippen molar-refractivity contribution in [3.63, 3.8) is 0 Å². The third-order valence-corrected chi connectivity index (χ3v) is 3.36. The third kappa shape index (κ3) is 4.44. The summed E-state index contributed by atoms with van der Waals surface area (Å²) in [6.45, 7) is 0.462. The van der Waals surface area contributed by atoms with Gasteiger partial charge in [0.05, 0.1) is 10.0 Å². The molecule has 1 N–H and O–H groups in total. The molecule has 0 saturated heterocycles. The molecule has 2 aromatic carbocycles. The van der Waals surface area contributed by atoms with E-state index in [1.807, 2.05) is 12.1 Å². The van der Waals surface area contributed by atoms with E-state index in [0.29, 0.717) is 28.8 Å². The zero-order chi connectivity index (χ0) is 14.4. The van der Waals surface area contributed by atoms with Crippen LogP contribution in [0.5, 0.6) is 5.75 Å². The van der Waals surface area contributed by atoms with Crippen LogP contribution < -0.4 is 10.1 Å². The maximum Gasteiger partial charge on any atom is 0.412 e. The average molecular weight is 310 g/mol. The molecule has 0 radical (unpaired) electrons. The Labute approximate surface area is 127 Å². The first-order chi connectivity index (χ1) is 9.65. The SMILES string of the molecule is O=C(NCCc1ccc(Cl)c(Cl)c1)Oc1ccccc1. The summed E-state index contributed by atoms with van der Waals surface area (Å²) < 4.78 is 5.10. The number of ether oxygens (including phenoxy) is 1. The molecule has 20 heavy (non-hydrogen) atoms. The fourth-order valence-electron chi connectivity index (χ4n) is 1.64. The van der Waals surface area contributed by atoms with Gasteiger partial charge in [-0.15, -0.1) is 0 Å². The van der Waals surface area contributed by atoms with E-state index in [1.54, 1.807) is 36.4 Å². The molecular weight excluding hydrogens is 297 g/mol. The van der Waals surface area contributed by atoms with Crippen LogP contribution in [0.2, 0.25) is 10.0 Å². The van der Waals surface area contributed by atoms with E-state index in [2.05, 4.69) is 5.32 Å². The Morgan fingerprint density at radius 3 is 2.50 bits per heavy atom. The Balaban J connectivity index is 1.78. The van der Waals surface area contributed by atoms with Gasteiger partial charge in [0, 0.05) is 6.54 Å². The van der Waals surface area contributed by atoms with Crippen LogP contribution in [0.3, 0.4) is 0 Å². The van der Waals surface area contributed by atoms with Crippen molar-refractivity contribution in [2.75, 3.05) is 6.54 Å². The number of rotatable bonds is 4. The van der Waals surface area contributed by atoms with Crippen molar-refractivity contribution in [1.82, 2.24) is 5.32 Å². The third-order valence-electron chi connectivity index (χ3n) is 2.62. The molecule has 0 aliphatic heterocycles. The fraction of sp³-hybridized carbons (Fsp3) is 0.133. The van der Waals surface area contributed by atoms with E-state index >= 15 is 0 Å². The first-order valence-electron chi connectivity index (χ1n) is 6.10. The maximum absolute atomic E-state index is 11.5. The number of hydrogen-bond acceptors (Lipinski definition) is 2. The molecule has 0 bridgehead atoms. The van der Waals surface area contributed by atoms with Crippen molar-refractivity contribution in [2.24, 2.45) is 0 Å².